The summed E-state index contributed by atoms with van der Waals surface area (Å²) in [5.41, 5.74) is 0. The number of rotatable bonds is 6. The van der Waals surface area contributed by atoms with E-state index in [1.807, 2.05) is 0 Å². The molecule has 0 aromatic heterocycles. The van der Waals surface area contributed by atoms with Crippen LogP contribution in [0.25, 0.3) is 0 Å². The van der Waals surface area contributed by atoms with E-state index < -0.39 is 0 Å². The Bertz CT molecular complexity index is 274. The maximum absolute atomic E-state index is 5.96. The molecule has 4 heteroatoms. The van der Waals surface area contributed by atoms with Crippen LogP contribution in [0.3, 0.4) is 0 Å². The molecule has 2 fully saturated rings. The van der Waals surface area contributed by atoms with Crippen LogP contribution >= 0.6 is 0 Å². The van der Waals surface area contributed by atoms with Gasteiger partial charge in [0.1, 0.15) is 0 Å². The molecule has 2 saturated heterocycles. The molecule has 2 heterocycles. The number of hydrogen-bond acceptors (Lipinski definition) is 4. The van der Waals surface area contributed by atoms with Gasteiger partial charge in [-0.05, 0) is 32.0 Å². The molecule has 0 bridgehead atoms. The van der Waals surface area contributed by atoms with Crippen LogP contribution in [-0.4, -0.2) is 74.4 Å². The van der Waals surface area contributed by atoms with Crippen molar-refractivity contribution in [3.63, 3.8) is 0 Å². The Balaban J connectivity index is 1.79. The van der Waals surface area contributed by atoms with Crippen molar-refractivity contribution in [1.29, 1.82) is 0 Å². The largest absolute Gasteiger partial charge is 0.374 e. The lowest BCUT2D eigenvalue weighted by Crippen LogP contribution is -2.53. The summed E-state index contributed by atoms with van der Waals surface area (Å²) in [6, 6.07) is 0.723. The number of likely N-dealkylation sites (tertiary alicyclic amines) is 1. The van der Waals surface area contributed by atoms with Gasteiger partial charge in [-0.3, -0.25) is 4.90 Å². The molecule has 1 N–H and O–H groups in total. The summed E-state index contributed by atoms with van der Waals surface area (Å²) in [7, 11) is 0. The Kier molecular flexibility index (Phi) is 6.75. The van der Waals surface area contributed by atoms with E-state index in [1.165, 1.54) is 25.9 Å². The molecule has 4 nitrogen and oxygen atoms in total. The standard InChI is InChI=1S/C16H33N3O/c1-4-14-11-19(8-7-16(14)17-5-2)13-15-12-18(6-3)9-10-20-15/h14-17H,4-13H2,1-3H3. The van der Waals surface area contributed by atoms with Crippen LogP contribution in [0.5, 0.6) is 0 Å². The highest BCUT2D eigenvalue weighted by atomic mass is 16.5. The normalized spacial score (nSPS) is 33.5. The molecule has 0 aromatic carbocycles. The SMILES string of the molecule is CCNC1CCN(CC2CN(CC)CCO2)CC1CC. The van der Waals surface area contributed by atoms with Gasteiger partial charge >= 0.3 is 0 Å². The number of ether oxygens (including phenoxy) is 1. The summed E-state index contributed by atoms with van der Waals surface area (Å²) >= 11 is 0. The average molecular weight is 283 g/mol. The Labute approximate surface area is 124 Å². The number of piperidine rings is 1. The van der Waals surface area contributed by atoms with Gasteiger partial charge in [-0.2, -0.15) is 0 Å². The second kappa shape index (κ2) is 8.32. The van der Waals surface area contributed by atoms with Crippen molar-refractivity contribution in [3.05, 3.63) is 0 Å². The first-order valence-electron chi connectivity index (χ1n) is 8.56. The fourth-order valence-electron chi connectivity index (χ4n) is 3.68. The molecule has 2 aliphatic rings. The Morgan fingerprint density at radius 2 is 1.95 bits per heavy atom. The van der Waals surface area contributed by atoms with Crippen LogP contribution in [0.2, 0.25) is 0 Å². The average Bonchev–Trinajstić information content (AvgIpc) is 2.49. The summed E-state index contributed by atoms with van der Waals surface area (Å²) in [5.74, 6) is 0.801. The molecule has 118 valence electrons. The number of morpholine rings is 1. The first-order valence-corrected chi connectivity index (χ1v) is 8.56. The second-order valence-electron chi connectivity index (χ2n) is 6.27. The number of nitrogens with one attached hydrogen (secondary N) is 1. The van der Waals surface area contributed by atoms with Gasteiger partial charge in [0.05, 0.1) is 12.7 Å². The lowest BCUT2D eigenvalue weighted by molar-refractivity contribution is -0.0479. The topological polar surface area (TPSA) is 27.7 Å². The zero-order chi connectivity index (χ0) is 14.4. The van der Waals surface area contributed by atoms with Crippen LogP contribution in [-0.2, 0) is 4.74 Å². The van der Waals surface area contributed by atoms with Crippen LogP contribution in [0.15, 0.2) is 0 Å². The highest BCUT2D eigenvalue weighted by molar-refractivity contribution is 4.86. The van der Waals surface area contributed by atoms with E-state index in [1.54, 1.807) is 0 Å². The Hall–Kier alpha value is -0.160. The minimum absolute atomic E-state index is 0.414. The zero-order valence-electron chi connectivity index (χ0n) is 13.6. The third-order valence-electron chi connectivity index (χ3n) is 4.94. The van der Waals surface area contributed by atoms with E-state index >= 15 is 0 Å². The molecular formula is C16H33N3O. The van der Waals surface area contributed by atoms with Crippen molar-refractivity contribution in [2.45, 2.75) is 45.8 Å². The summed E-state index contributed by atoms with van der Waals surface area (Å²) in [6.45, 7) is 15.7. The molecule has 2 aliphatic heterocycles. The zero-order valence-corrected chi connectivity index (χ0v) is 13.6. The summed E-state index contributed by atoms with van der Waals surface area (Å²) in [5, 5.41) is 3.66. The molecular weight excluding hydrogens is 250 g/mol. The number of hydrogen-bond donors (Lipinski definition) is 1. The van der Waals surface area contributed by atoms with E-state index in [9.17, 15) is 0 Å². The van der Waals surface area contributed by atoms with Gasteiger partial charge in [-0.25, -0.2) is 0 Å². The van der Waals surface area contributed by atoms with Crippen molar-refractivity contribution in [2.24, 2.45) is 5.92 Å². The Morgan fingerprint density at radius 3 is 2.65 bits per heavy atom. The van der Waals surface area contributed by atoms with Crippen molar-refractivity contribution < 1.29 is 4.74 Å². The first kappa shape index (κ1) is 16.2. The van der Waals surface area contributed by atoms with Crippen LogP contribution in [0, 0.1) is 5.92 Å². The summed E-state index contributed by atoms with van der Waals surface area (Å²) in [6.07, 6.45) is 2.98. The second-order valence-corrected chi connectivity index (χ2v) is 6.27. The fourth-order valence-corrected chi connectivity index (χ4v) is 3.68. The maximum Gasteiger partial charge on any atom is 0.0829 e. The molecule has 0 aromatic rings. The van der Waals surface area contributed by atoms with Gasteiger partial charge in [0.25, 0.3) is 0 Å². The lowest BCUT2D eigenvalue weighted by atomic mass is 9.89. The quantitative estimate of drug-likeness (QED) is 0.798. The van der Waals surface area contributed by atoms with Gasteiger partial charge in [-0.15, -0.1) is 0 Å². The van der Waals surface area contributed by atoms with Gasteiger partial charge in [-0.1, -0.05) is 27.2 Å². The van der Waals surface area contributed by atoms with Crippen LogP contribution in [0.1, 0.15) is 33.6 Å². The Morgan fingerprint density at radius 1 is 1.10 bits per heavy atom. The highest BCUT2D eigenvalue weighted by Gasteiger charge is 2.29. The van der Waals surface area contributed by atoms with E-state index in [-0.39, 0.29) is 0 Å². The predicted molar refractivity (Wildman–Crippen MR) is 84.2 cm³/mol. The molecule has 0 saturated carbocycles. The molecule has 2 rings (SSSR count). The third kappa shape index (κ3) is 4.42. The van der Waals surface area contributed by atoms with Gasteiger partial charge in [0, 0.05) is 32.2 Å². The number of nitrogens with zero attached hydrogens (tertiary/aromatic N) is 2. The van der Waals surface area contributed by atoms with Crippen LogP contribution < -0.4 is 5.32 Å². The summed E-state index contributed by atoms with van der Waals surface area (Å²) in [4.78, 5) is 5.14. The molecule has 3 unspecified atom stereocenters. The molecule has 0 amide bonds. The van der Waals surface area contributed by atoms with E-state index in [0.717, 1.165) is 51.3 Å². The van der Waals surface area contributed by atoms with Crippen molar-refractivity contribution in [3.8, 4) is 0 Å². The minimum atomic E-state index is 0.414. The molecule has 0 spiro atoms. The predicted octanol–water partition coefficient (Wildman–Crippen LogP) is 1.42. The smallest absolute Gasteiger partial charge is 0.0829 e. The summed E-state index contributed by atoms with van der Waals surface area (Å²) < 4.78 is 5.96. The van der Waals surface area contributed by atoms with Gasteiger partial charge in [0.2, 0.25) is 0 Å². The van der Waals surface area contributed by atoms with Crippen molar-refractivity contribution in [2.75, 3.05) is 52.4 Å². The molecule has 0 aliphatic carbocycles. The van der Waals surface area contributed by atoms with Gasteiger partial charge < -0.3 is 15.0 Å². The van der Waals surface area contributed by atoms with E-state index in [4.69, 9.17) is 4.74 Å². The van der Waals surface area contributed by atoms with Crippen molar-refractivity contribution >= 4 is 0 Å². The molecule has 20 heavy (non-hydrogen) atoms. The first-order chi connectivity index (χ1) is 9.76. The lowest BCUT2D eigenvalue weighted by Gasteiger charge is -2.41. The highest BCUT2D eigenvalue weighted by Crippen LogP contribution is 2.21. The monoisotopic (exact) mass is 283 g/mol. The minimum Gasteiger partial charge on any atom is -0.374 e. The number of likely N-dealkylation sites (N-methyl/N-ethyl adjacent to an activating group) is 1. The van der Waals surface area contributed by atoms with E-state index in [0.29, 0.717) is 6.10 Å². The maximum atomic E-state index is 5.96. The van der Waals surface area contributed by atoms with Crippen LogP contribution in [0.4, 0.5) is 0 Å². The van der Waals surface area contributed by atoms with Crippen molar-refractivity contribution in [1.82, 2.24) is 15.1 Å². The van der Waals surface area contributed by atoms with E-state index in [2.05, 4.69) is 35.9 Å². The molecule has 0 radical (unpaired) electrons. The van der Waals surface area contributed by atoms with Gasteiger partial charge in [0.15, 0.2) is 0 Å². The third-order valence-corrected chi connectivity index (χ3v) is 4.94. The molecule has 3 atom stereocenters. The fraction of sp³-hybridized carbons (Fsp3) is 1.00.